The largest absolute Gasteiger partial charge is 0.347 e. The zero-order valence-electron chi connectivity index (χ0n) is 16.0. The number of imidazole rings is 1. The van der Waals surface area contributed by atoms with Crippen LogP contribution in [0.15, 0.2) is 24.3 Å². The predicted molar refractivity (Wildman–Crippen MR) is 103 cm³/mol. The van der Waals surface area contributed by atoms with Crippen molar-refractivity contribution in [3.8, 4) is 0 Å². The number of rotatable bonds is 6. The first kappa shape index (κ1) is 17.7. The number of nitrogens with one attached hydrogen (secondary N) is 1. The fourth-order valence-corrected chi connectivity index (χ4v) is 3.96. The van der Waals surface area contributed by atoms with E-state index >= 15 is 0 Å². The van der Waals surface area contributed by atoms with Crippen LogP contribution in [0.5, 0.6) is 0 Å². The summed E-state index contributed by atoms with van der Waals surface area (Å²) in [5, 5.41) is 11.6. The SMILES string of the molecule is CCc1nc2ccccc2n1[C@@H](CC)C(=O)NCc1nnc2n1CCCC2. The molecule has 0 saturated carbocycles. The monoisotopic (exact) mass is 366 g/mol. The Morgan fingerprint density at radius 2 is 2.04 bits per heavy atom. The zero-order chi connectivity index (χ0) is 18.8. The molecule has 1 aliphatic rings. The zero-order valence-corrected chi connectivity index (χ0v) is 16.0. The number of amides is 1. The molecular formula is C20H26N6O. The number of carbonyl (C=O) groups excluding carboxylic acids is 1. The van der Waals surface area contributed by atoms with Gasteiger partial charge in [-0.2, -0.15) is 0 Å². The van der Waals surface area contributed by atoms with Crippen molar-refractivity contribution in [3.63, 3.8) is 0 Å². The standard InChI is InChI=1S/C20H26N6O/c1-3-15(26-16-10-6-5-9-14(16)22-17(26)4-2)20(27)21-13-19-24-23-18-11-7-8-12-25(18)19/h5-6,9-10,15H,3-4,7-8,11-13H2,1-2H3,(H,21,27)/t15-/m0/s1. The van der Waals surface area contributed by atoms with E-state index in [0.29, 0.717) is 13.0 Å². The Bertz CT molecular complexity index is 957. The molecule has 3 heterocycles. The fraction of sp³-hybridized carbons (Fsp3) is 0.500. The number of hydrogen-bond acceptors (Lipinski definition) is 4. The minimum absolute atomic E-state index is 0.00325. The molecule has 1 aliphatic heterocycles. The van der Waals surface area contributed by atoms with Crippen LogP contribution in [0.3, 0.4) is 0 Å². The Labute approximate surface area is 158 Å². The van der Waals surface area contributed by atoms with Gasteiger partial charge in [0.05, 0.1) is 17.6 Å². The minimum atomic E-state index is -0.281. The maximum atomic E-state index is 13.0. The van der Waals surface area contributed by atoms with E-state index in [1.165, 1.54) is 0 Å². The summed E-state index contributed by atoms with van der Waals surface area (Å²) in [5.74, 6) is 2.83. The Morgan fingerprint density at radius 1 is 1.19 bits per heavy atom. The van der Waals surface area contributed by atoms with Gasteiger partial charge in [0.15, 0.2) is 5.82 Å². The van der Waals surface area contributed by atoms with Crippen molar-refractivity contribution in [1.29, 1.82) is 0 Å². The summed E-state index contributed by atoms with van der Waals surface area (Å²) in [6.45, 7) is 5.47. The van der Waals surface area contributed by atoms with Gasteiger partial charge in [0.25, 0.3) is 0 Å². The van der Waals surface area contributed by atoms with Crippen LogP contribution >= 0.6 is 0 Å². The Hall–Kier alpha value is -2.70. The van der Waals surface area contributed by atoms with Crippen LogP contribution in [0.1, 0.15) is 56.6 Å². The lowest BCUT2D eigenvalue weighted by Crippen LogP contribution is -2.33. The van der Waals surface area contributed by atoms with E-state index in [9.17, 15) is 4.79 Å². The van der Waals surface area contributed by atoms with Gasteiger partial charge in [0, 0.05) is 19.4 Å². The first-order valence-electron chi connectivity index (χ1n) is 9.87. The lowest BCUT2D eigenvalue weighted by atomic mass is 10.1. The molecule has 2 aromatic heterocycles. The van der Waals surface area contributed by atoms with Gasteiger partial charge < -0.3 is 14.5 Å². The highest BCUT2D eigenvalue weighted by atomic mass is 16.2. The van der Waals surface area contributed by atoms with Crippen LogP contribution in [-0.4, -0.2) is 30.2 Å². The number of aromatic nitrogens is 5. The van der Waals surface area contributed by atoms with E-state index in [4.69, 9.17) is 4.98 Å². The second-order valence-electron chi connectivity index (χ2n) is 7.02. The van der Waals surface area contributed by atoms with Gasteiger partial charge in [-0.1, -0.05) is 26.0 Å². The van der Waals surface area contributed by atoms with Crippen LogP contribution in [-0.2, 0) is 30.7 Å². The van der Waals surface area contributed by atoms with Crippen LogP contribution < -0.4 is 5.32 Å². The van der Waals surface area contributed by atoms with Gasteiger partial charge in [-0.15, -0.1) is 10.2 Å². The molecule has 0 unspecified atom stereocenters. The maximum Gasteiger partial charge on any atom is 0.243 e. The molecule has 0 bridgehead atoms. The molecule has 7 heteroatoms. The number of aryl methyl sites for hydroxylation is 2. The molecule has 27 heavy (non-hydrogen) atoms. The summed E-state index contributed by atoms with van der Waals surface area (Å²) in [4.78, 5) is 17.7. The van der Waals surface area contributed by atoms with E-state index in [1.807, 2.05) is 31.2 Å². The first-order chi connectivity index (χ1) is 13.2. The average Bonchev–Trinajstić information content (AvgIpc) is 3.28. The second-order valence-corrected chi connectivity index (χ2v) is 7.02. The third kappa shape index (κ3) is 3.22. The highest BCUT2D eigenvalue weighted by Crippen LogP contribution is 2.24. The van der Waals surface area contributed by atoms with Crippen LogP contribution in [0.4, 0.5) is 0 Å². The summed E-state index contributed by atoms with van der Waals surface area (Å²) in [7, 11) is 0. The van der Waals surface area contributed by atoms with Crippen LogP contribution in [0.25, 0.3) is 11.0 Å². The molecule has 142 valence electrons. The van der Waals surface area contributed by atoms with Gasteiger partial charge in [-0.3, -0.25) is 4.79 Å². The number of hydrogen-bond donors (Lipinski definition) is 1. The third-order valence-corrected chi connectivity index (χ3v) is 5.34. The van der Waals surface area contributed by atoms with Gasteiger partial charge in [0.1, 0.15) is 17.7 Å². The number of benzene rings is 1. The number of carbonyl (C=O) groups is 1. The van der Waals surface area contributed by atoms with Gasteiger partial charge >= 0.3 is 0 Å². The summed E-state index contributed by atoms with van der Waals surface area (Å²) in [5.41, 5.74) is 1.95. The van der Waals surface area contributed by atoms with Crippen molar-refractivity contribution in [3.05, 3.63) is 41.7 Å². The van der Waals surface area contributed by atoms with E-state index in [2.05, 4.69) is 31.6 Å². The first-order valence-corrected chi connectivity index (χ1v) is 9.87. The number of nitrogens with zero attached hydrogens (tertiary/aromatic N) is 5. The summed E-state index contributed by atoms with van der Waals surface area (Å²) in [6.07, 6.45) is 4.77. The van der Waals surface area contributed by atoms with Crippen LogP contribution in [0.2, 0.25) is 0 Å². The summed E-state index contributed by atoms with van der Waals surface area (Å²) in [6, 6.07) is 7.72. The molecule has 1 N–H and O–H groups in total. The molecule has 0 aliphatic carbocycles. The van der Waals surface area contributed by atoms with Gasteiger partial charge in [0.2, 0.25) is 5.91 Å². The summed E-state index contributed by atoms with van der Waals surface area (Å²) < 4.78 is 4.23. The van der Waals surface area contributed by atoms with Crippen LogP contribution in [0, 0.1) is 0 Å². The van der Waals surface area contributed by atoms with Crippen molar-refractivity contribution in [2.24, 2.45) is 0 Å². The van der Waals surface area contributed by atoms with Gasteiger partial charge in [-0.25, -0.2) is 4.98 Å². The lowest BCUT2D eigenvalue weighted by Gasteiger charge is -2.20. The molecule has 1 aromatic carbocycles. The summed E-state index contributed by atoms with van der Waals surface area (Å²) >= 11 is 0. The predicted octanol–water partition coefficient (Wildman–Crippen LogP) is 2.79. The Kier molecular flexibility index (Phi) is 4.92. The average molecular weight is 366 g/mol. The van der Waals surface area contributed by atoms with E-state index in [-0.39, 0.29) is 11.9 Å². The van der Waals surface area contributed by atoms with Gasteiger partial charge in [-0.05, 0) is 31.4 Å². The van der Waals surface area contributed by atoms with E-state index in [1.54, 1.807) is 0 Å². The Balaban J connectivity index is 1.56. The highest BCUT2D eigenvalue weighted by molar-refractivity contribution is 5.84. The van der Waals surface area contributed by atoms with Crippen molar-refractivity contribution in [1.82, 2.24) is 29.6 Å². The molecule has 0 fully saturated rings. The molecule has 0 saturated heterocycles. The maximum absolute atomic E-state index is 13.0. The van der Waals surface area contributed by atoms with Crippen molar-refractivity contribution < 1.29 is 4.79 Å². The van der Waals surface area contributed by atoms with Crippen molar-refractivity contribution in [2.45, 2.75) is 65.1 Å². The molecular weight excluding hydrogens is 340 g/mol. The molecule has 3 aromatic rings. The molecule has 0 radical (unpaired) electrons. The molecule has 1 atom stereocenters. The second kappa shape index (κ2) is 7.50. The van der Waals surface area contributed by atoms with E-state index < -0.39 is 0 Å². The van der Waals surface area contributed by atoms with E-state index in [0.717, 1.165) is 60.7 Å². The Morgan fingerprint density at radius 3 is 2.85 bits per heavy atom. The molecule has 7 nitrogen and oxygen atoms in total. The number of fused-ring (bicyclic) bond motifs is 2. The fourth-order valence-electron chi connectivity index (χ4n) is 3.96. The van der Waals surface area contributed by atoms with Crippen molar-refractivity contribution >= 4 is 16.9 Å². The minimum Gasteiger partial charge on any atom is -0.347 e. The molecule has 0 spiro atoms. The number of para-hydroxylation sites is 2. The molecule has 4 rings (SSSR count). The lowest BCUT2D eigenvalue weighted by molar-refractivity contribution is -0.124. The normalized spacial score (nSPS) is 14.9. The quantitative estimate of drug-likeness (QED) is 0.728. The highest BCUT2D eigenvalue weighted by Gasteiger charge is 2.24. The molecule has 1 amide bonds. The van der Waals surface area contributed by atoms with Crippen molar-refractivity contribution in [2.75, 3.05) is 0 Å². The topological polar surface area (TPSA) is 77.6 Å². The smallest absolute Gasteiger partial charge is 0.243 e. The third-order valence-electron chi connectivity index (χ3n) is 5.34.